The molecule has 0 bridgehead atoms. The average Bonchev–Trinajstić information content (AvgIpc) is 3.43. The Kier molecular flexibility index (Phi) is 6.74. The molecule has 138 valence electrons. The molecule has 0 aliphatic heterocycles. The molecule has 0 radical (unpaired) electrons. The summed E-state index contributed by atoms with van der Waals surface area (Å²) in [6.45, 7) is 0.406. The smallest absolute Gasteiger partial charge is 0.234 e. The first-order valence-corrected chi connectivity index (χ1v) is 9.93. The van der Waals surface area contributed by atoms with Crippen LogP contribution in [0.3, 0.4) is 0 Å². The topological polar surface area (TPSA) is 50.4 Å². The summed E-state index contributed by atoms with van der Waals surface area (Å²) in [5, 5.41) is 6.75. The molecule has 1 amide bonds. The lowest BCUT2D eigenvalue weighted by Gasteiger charge is -2.23. The van der Waals surface area contributed by atoms with Crippen molar-refractivity contribution in [1.29, 1.82) is 0 Å². The number of benzene rings is 1. The van der Waals surface area contributed by atoms with E-state index < -0.39 is 0 Å². The zero-order valence-electron chi connectivity index (χ0n) is 15.4. The summed E-state index contributed by atoms with van der Waals surface area (Å²) in [5.41, 5.74) is 1.25. The van der Waals surface area contributed by atoms with E-state index in [0.29, 0.717) is 18.5 Å². The fraction of sp³-hybridized carbons (Fsp3) is 0.667. The molecule has 4 nitrogen and oxygen atoms in total. The summed E-state index contributed by atoms with van der Waals surface area (Å²) < 4.78 is 5.24. The van der Waals surface area contributed by atoms with E-state index in [2.05, 4.69) is 22.8 Å². The maximum atomic E-state index is 12.4. The standard InChI is InChI=1S/C21H32N2O2/c1-25-19-13-11-17(12-14-19)21(16-9-10-16)22-15-20(24)23-18-7-5-3-2-4-6-8-18/h11-14,16,18,21-22H,2-10,15H2,1H3,(H,23,24)/t21-/m0/s1. The Labute approximate surface area is 151 Å². The van der Waals surface area contributed by atoms with Crippen LogP contribution in [0.4, 0.5) is 0 Å². The number of amides is 1. The number of hydrogen-bond acceptors (Lipinski definition) is 3. The van der Waals surface area contributed by atoms with Crippen molar-refractivity contribution in [3.8, 4) is 5.75 Å². The summed E-state index contributed by atoms with van der Waals surface area (Å²) in [6, 6.07) is 8.87. The van der Waals surface area contributed by atoms with E-state index in [1.54, 1.807) is 7.11 Å². The van der Waals surface area contributed by atoms with Crippen molar-refractivity contribution < 1.29 is 9.53 Å². The van der Waals surface area contributed by atoms with Gasteiger partial charge < -0.3 is 15.4 Å². The number of carbonyl (C=O) groups is 1. The van der Waals surface area contributed by atoms with Crippen molar-refractivity contribution in [2.75, 3.05) is 13.7 Å². The molecule has 0 unspecified atom stereocenters. The van der Waals surface area contributed by atoms with Crippen LogP contribution in [-0.2, 0) is 4.79 Å². The third-order valence-corrected chi connectivity index (χ3v) is 5.52. The summed E-state index contributed by atoms with van der Waals surface area (Å²) >= 11 is 0. The summed E-state index contributed by atoms with van der Waals surface area (Å²) in [6.07, 6.45) is 11.2. The zero-order chi connectivity index (χ0) is 17.5. The molecule has 2 N–H and O–H groups in total. The molecule has 1 aromatic carbocycles. The lowest BCUT2D eigenvalue weighted by molar-refractivity contribution is -0.121. The number of nitrogens with one attached hydrogen (secondary N) is 2. The Morgan fingerprint density at radius 2 is 1.68 bits per heavy atom. The predicted molar refractivity (Wildman–Crippen MR) is 101 cm³/mol. The third-order valence-electron chi connectivity index (χ3n) is 5.52. The van der Waals surface area contributed by atoms with Crippen LogP contribution in [0.5, 0.6) is 5.75 Å². The monoisotopic (exact) mass is 344 g/mol. The van der Waals surface area contributed by atoms with Crippen LogP contribution in [0.25, 0.3) is 0 Å². The average molecular weight is 344 g/mol. The molecule has 2 fully saturated rings. The first kappa shape index (κ1) is 18.2. The Morgan fingerprint density at radius 3 is 2.28 bits per heavy atom. The molecule has 0 spiro atoms. The lowest BCUT2D eigenvalue weighted by atomic mass is 9.97. The van der Waals surface area contributed by atoms with Crippen LogP contribution in [-0.4, -0.2) is 25.6 Å². The van der Waals surface area contributed by atoms with Gasteiger partial charge in [-0.15, -0.1) is 0 Å². The Bertz CT molecular complexity index is 531. The molecular formula is C21H32N2O2. The van der Waals surface area contributed by atoms with Gasteiger partial charge in [0.25, 0.3) is 0 Å². The van der Waals surface area contributed by atoms with Gasteiger partial charge in [-0.25, -0.2) is 0 Å². The predicted octanol–water partition coefficient (Wildman–Crippen LogP) is 3.97. The largest absolute Gasteiger partial charge is 0.497 e. The van der Waals surface area contributed by atoms with Gasteiger partial charge in [0.1, 0.15) is 5.75 Å². The highest BCUT2D eigenvalue weighted by molar-refractivity contribution is 5.78. The van der Waals surface area contributed by atoms with Gasteiger partial charge in [-0.1, -0.05) is 44.2 Å². The van der Waals surface area contributed by atoms with E-state index >= 15 is 0 Å². The van der Waals surface area contributed by atoms with E-state index in [0.717, 1.165) is 18.6 Å². The molecule has 0 heterocycles. The highest BCUT2D eigenvalue weighted by atomic mass is 16.5. The van der Waals surface area contributed by atoms with Crippen molar-refractivity contribution >= 4 is 5.91 Å². The zero-order valence-corrected chi connectivity index (χ0v) is 15.4. The summed E-state index contributed by atoms with van der Waals surface area (Å²) in [7, 11) is 1.69. The molecule has 1 aromatic rings. The fourth-order valence-corrected chi connectivity index (χ4v) is 3.88. The molecular weight excluding hydrogens is 312 g/mol. The van der Waals surface area contributed by atoms with Crippen molar-refractivity contribution in [3.63, 3.8) is 0 Å². The van der Waals surface area contributed by atoms with Crippen LogP contribution in [0.2, 0.25) is 0 Å². The Hall–Kier alpha value is -1.55. The number of methoxy groups -OCH3 is 1. The fourth-order valence-electron chi connectivity index (χ4n) is 3.88. The van der Waals surface area contributed by atoms with Gasteiger partial charge in [-0.2, -0.15) is 0 Å². The molecule has 2 saturated carbocycles. The van der Waals surface area contributed by atoms with E-state index in [1.165, 1.54) is 50.5 Å². The third kappa shape index (κ3) is 5.74. The van der Waals surface area contributed by atoms with E-state index in [1.807, 2.05) is 12.1 Å². The first-order chi connectivity index (χ1) is 12.3. The van der Waals surface area contributed by atoms with Gasteiger partial charge in [-0.05, 0) is 49.3 Å². The Morgan fingerprint density at radius 1 is 1.04 bits per heavy atom. The van der Waals surface area contributed by atoms with E-state index in [9.17, 15) is 4.79 Å². The number of rotatable bonds is 7. The normalized spacial score (nSPS) is 20.4. The summed E-state index contributed by atoms with van der Waals surface area (Å²) in [5.74, 6) is 1.67. The number of carbonyl (C=O) groups excluding carboxylic acids is 1. The van der Waals surface area contributed by atoms with Crippen LogP contribution >= 0.6 is 0 Å². The quantitative estimate of drug-likeness (QED) is 0.787. The minimum atomic E-state index is 0.143. The number of hydrogen-bond donors (Lipinski definition) is 2. The van der Waals surface area contributed by atoms with Gasteiger partial charge in [0.05, 0.1) is 13.7 Å². The van der Waals surface area contributed by atoms with E-state index in [4.69, 9.17) is 4.74 Å². The van der Waals surface area contributed by atoms with Crippen molar-refractivity contribution in [3.05, 3.63) is 29.8 Å². The molecule has 0 aromatic heterocycles. The maximum absolute atomic E-state index is 12.4. The van der Waals surface area contributed by atoms with Crippen molar-refractivity contribution in [1.82, 2.24) is 10.6 Å². The highest BCUT2D eigenvalue weighted by Crippen LogP contribution is 2.41. The molecule has 25 heavy (non-hydrogen) atoms. The SMILES string of the molecule is COc1ccc([C@@H](NCC(=O)NC2CCCCCCC2)C2CC2)cc1. The minimum Gasteiger partial charge on any atom is -0.497 e. The number of ether oxygens (including phenoxy) is 1. The van der Waals surface area contributed by atoms with Gasteiger partial charge >= 0.3 is 0 Å². The highest BCUT2D eigenvalue weighted by Gasteiger charge is 2.32. The second-order valence-corrected chi connectivity index (χ2v) is 7.58. The molecule has 0 saturated heterocycles. The van der Waals surface area contributed by atoms with Gasteiger partial charge in [0.15, 0.2) is 0 Å². The van der Waals surface area contributed by atoms with E-state index in [-0.39, 0.29) is 11.9 Å². The summed E-state index contributed by atoms with van der Waals surface area (Å²) in [4.78, 5) is 12.4. The minimum absolute atomic E-state index is 0.143. The Balaban J connectivity index is 1.49. The maximum Gasteiger partial charge on any atom is 0.234 e. The van der Waals surface area contributed by atoms with Gasteiger partial charge in [0, 0.05) is 12.1 Å². The van der Waals surface area contributed by atoms with Crippen LogP contribution in [0.1, 0.15) is 69.4 Å². The van der Waals surface area contributed by atoms with Gasteiger partial charge in [-0.3, -0.25) is 4.79 Å². The van der Waals surface area contributed by atoms with Crippen LogP contribution < -0.4 is 15.4 Å². The van der Waals surface area contributed by atoms with Gasteiger partial charge in [0.2, 0.25) is 5.91 Å². The van der Waals surface area contributed by atoms with Crippen molar-refractivity contribution in [2.45, 2.75) is 69.9 Å². The second-order valence-electron chi connectivity index (χ2n) is 7.58. The molecule has 3 rings (SSSR count). The van der Waals surface area contributed by atoms with Crippen LogP contribution in [0, 0.1) is 5.92 Å². The second kappa shape index (κ2) is 9.23. The molecule has 4 heteroatoms. The lowest BCUT2D eigenvalue weighted by Crippen LogP contribution is -2.41. The molecule has 2 aliphatic carbocycles. The van der Waals surface area contributed by atoms with Crippen LogP contribution in [0.15, 0.2) is 24.3 Å². The first-order valence-electron chi connectivity index (χ1n) is 9.93. The molecule has 1 atom stereocenters. The molecule has 2 aliphatic rings. The van der Waals surface area contributed by atoms with Crippen molar-refractivity contribution in [2.24, 2.45) is 5.92 Å².